The van der Waals surface area contributed by atoms with Crippen molar-refractivity contribution in [2.45, 2.75) is 30.4 Å². The fraction of sp³-hybridized carbons (Fsp3) is 0.278. The molecule has 0 heterocycles. The van der Waals surface area contributed by atoms with Crippen molar-refractivity contribution >= 4 is 5.97 Å². The fourth-order valence-electron chi connectivity index (χ4n) is 3.30. The van der Waals surface area contributed by atoms with E-state index in [1.54, 1.807) is 0 Å². The minimum atomic E-state index is -4.91. The first-order valence-corrected chi connectivity index (χ1v) is 7.66. The Bertz CT molecular complexity index is 903. The molecule has 2 aromatic rings. The van der Waals surface area contributed by atoms with Crippen LogP contribution in [0.3, 0.4) is 0 Å². The third kappa shape index (κ3) is 2.94. The highest BCUT2D eigenvalue weighted by Gasteiger charge is 2.62. The topological polar surface area (TPSA) is 37.3 Å². The lowest BCUT2D eigenvalue weighted by molar-refractivity contribution is -0.223. The summed E-state index contributed by atoms with van der Waals surface area (Å²) in [6, 6.07) is 4.99. The average Bonchev–Trinajstić information content (AvgIpc) is 2.62. The van der Waals surface area contributed by atoms with Crippen LogP contribution in [0.5, 0.6) is 0 Å². The van der Waals surface area contributed by atoms with E-state index in [2.05, 4.69) is 0 Å². The molecule has 144 valence electrons. The van der Waals surface area contributed by atoms with Crippen LogP contribution in [-0.2, 0) is 22.8 Å². The number of carboxylic acid groups (broad SMARTS) is 1. The molecule has 27 heavy (non-hydrogen) atoms. The Morgan fingerprint density at radius 2 is 1.48 bits per heavy atom. The number of hydrogen-bond acceptors (Lipinski definition) is 1. The lowest BCUT2D eigenvalue weighted by Gasteiger charge is -2.27. The Morgan fingerprint density at radius 1 is 0.926 bits per heavy atom. The van der Waals surface area contributed by atoms with Crippen LogP contribution >= 0.6 is 0 Å². The van der Waals surface area contributed by atoms with Gasteiger partial charge in [-0.05, 0) is 23.3 Å². The Morgan fingerprint density at radius 3 is 2.04 bits per heavy atom. The predicted octanol–water partition coefficient (Wildman–Crippen LogP) is 5.51. The van der Waals surface area contributed by atoms with Crippen molar-refractivity contribution in [3.8, 4) is 0 Å². The van der Waals surface area contributed by atoms with Gasteiger partial charge in [-0.15, -0.1) is 0 Å². The smallest absolute Gasteiger partial charge is 0.416 e. The highest BCUT2D eigenvalue weighted by Crippen LogP contribution is 2.57. The summed E-state index contributed by atoms with van der Waals surface area (Å²) in [6.45, 7) is 0. The summed E-state index contributed by atoms with van der Waals surface area (Å²) in [5.74, 6) is -12.7. The molecule has 0 fully saturated rings. The van der Waals surface area contributed by atoms with Gasteiger partial charge in [0.15, 0.2) is 0 Å². The monoisotopic (exact) mass is 392 g/mol. The van der Waals surface area contributed by atoms with E-state index in [-0.39, 0.29) is 6.07 Å². The number of hydrogen-bond donors (Lipinski definition) is 1. The first-order chi connectivity index (χ1) is 12.4. The number of alkyl halides is 7. The van der Waals surface area contributed by atoms with Crippen molar-refractivity contribution < 1.29 is 40.6 Å². The molecule has 0 radical (unpaired) electrons. The molecule has 0 aromatic heterocycles. The zero-order valence-electron chi connectivity index (χ0n) is 13.3. The van der Waals surface area contributed by atoms with E-state index in [1.165, 1.54) is 6.07 Å². The Hall–Kier alpha value is -2.58. The highest BCUT2D eigenvalue weighted by molar-refractivity contribution is 5.70. The SMILES string of the molecule is O=C(O)CC1c2ccccc2C(F)(F)C(F)(F)c2ccc(C(F)(F)F)cc21. The van der Waals surface area contributed by atoms with Gasteiger partial charge in [0.05, 0.1) is 12.0 Å². The minimum absolute atomic E-state index is 0.288. The summed E-state index contributed by atoms with van der Waals surface area (Å²) in [6.07, 6.45) is -5.83. The first-order valence-electron chi connectivity index (χ1n) is 7.66. The van der Waals surface area contributed by atoms with E-state index in [9.17, 15) is 35.5 Å². The third-order valence-electron chi connectivity index (χ3n) is 4.54. The highest BCUT2D eigenvalue weighted by atomic mass is 19.4. The van der Waals surface area contributed by atoms with Crippen LogP contribution in [0.25, 0.3) is 0 Å². The average molecular weight is 392 g/mol. The van der Waals surface area contributed by atoms with E-state index in [4.69, 9.17) is 5.11 Å². The van der Waals surface area contributed by atoms with Gasteiger partial charge in [-0.1, -0.05) is 30.3 Å². The summed E-state index contributed by atoms with van der Waals surface area (Å²) in [4.78, 5) is 11.2. The van der Waals surface area contributed by atoms with Gasteiger partial charge in [0.2, 0.25) is 0 Å². The van der Waals surface area contributed by atoms with Crippen LogP contribution in [0, 0.1) is 0 Å². The van der Waals surface area contributed by atoms with Crippen molar-refractivity contribution in [3.63, 3.8) is 0 Å². The third-order valence-corrected chi connectivity index (χ3v) is 4.54. The van der Waals surface area contributed by atoms with E-state index < -0.39 is 64.1 Å². The molecule has 1 atom stereocenters. The number of halogens is 7. The van der Waals surface area contributed by atoms with Crippen LogP contribution in [0.1, 0.15) is 40.2 Å². The molecule has 1 N–H and O–H groups in total. The van der Waals surface area contributed by atoms with Crippen molar-refractivity contribution in [3.05, 3.63) is 70.3 Å². The quantitative estimate of drug-likeness (QED) is 0.685. The first kappa shape index (κ1) is 19.2. The van der Waals surface area contributed by atoms with Crippen LogP contribution in [-0.4, -0.2) is 11.1 Å². The molecule has 1 aliphatic rings. The van der Waals surface area contributed by atoms with Gasteiger partial charge in [0.25, 0.3) is 0 Å². The molecule has 0 bridgehead atoms. The maximum Gasteiger partial charge on any atom is 0.416 e. The molecule has 2 nitrogen and oxygen atoms in total. The molecule has 9 heteroatoms. The minimum Gasteiger partial charge on any atom is -0.481 e. The van der Waals surface area contributed by atoms with Crippen molar-refractivity contribution in [2.75, 3.05) is 0 Å². The summed E-state index contributed by atoms with van der Waals surface area (Å²) in [7, 11) is 0. The molecule has 1 unspecified atom stereocenters. The molecule has 0 saturated heterocycles. The lowest BCUT2D eigenvalue weighted by Crippen LogP contribution is -2.35. The maximum absolute atomic E-state index is 14.7. The Balaban J connectivity index is 2.41. The van der Waals surface area contributed by atoms with E-state index in [0.29, 0.717) is 12.1 Å². The van der Waals surface area contributed by atoms with Crippen molar-refractivity contribution in [2.24, 2.45) is 0 Å². The Kier molecular flexibility index (Phi) is 4.24. The molecular formula is C18H11F7O2. The second-order valence-electron chi connectivity index (χ2n) is 6.19. The molecule has 3 rings (SSSR count). The van der Waals surface area contributed by atoms with Gasteiger partial charge >= 0.3 is 24.0 Å². The van der Waals surface area contributed by atoms with E-state index in [1.807, 2.05) is 0 Å². The van der Waals surface area contributed by atoms with Crippen LogP contribution in [0.2, 0.25) is 0 Å². The summed E-state index contributed by atoms with van der Waals surface area (Å²) in [5, 5.41) is 9.10. The summed E-state index contributed by atoms with van der Waals surface area (Å²) in [5.41, 5.74) is -4.96. The van der Waals surface area contributed by atoms with E-state index >= 15 is 0 Å². The molecule has 2 aromatic carbocycles. The zero-order valence-corrected chi connectivity index (χ0v) is 13.3. The number of rotatable bonds is 2. The van der Waals surface area contributed by atoms with Gasteiger partial charge in [-0.3, -0.25) is 4.79 Å². The maximum atomic E-state index is 14.7. The second kappa shape index (κ2) is 5.97. The predicted molar refractivity (Wildman–Crippen MR) is 79.8 cm³/mol. The van der Waals surface area contributed by atoms with Crippen molar-refractivity contribution in [1.29, 1.82) is 0 Å². The Labute approximate surface area is 148 Å². The van der Waals surface area contributed by atoms with Gasteiger partial charge in [0.1, 0.15) is 0 Å². The number of fused-ring (bicyclic) bond motifs is 2. The molecule has 0 spiro atoms. The number of carboxylic acids is 1. The standard InChI is InChI=1S/C18H11F7O2/c19-16(20)13-4-2-1-3-10(13)11(8-15(26)27)12-7-9(18(23,24)25)5-6-14(12)17(16,21)22/h1-7,11H,8H2,(H,26,27). The van der Waals surface area contributed by atoms with Gasteiger partial charge in [0, 0.05) is 17.0 Å². The number of carbonyl (C=O) groups is 1. The number of aliphatic carboxylic acids is 1. The molecule has 0 aliphatic heterocycles. The lowest BCUT2D eigenvalue weighted by atomic mass is 9.84. The molecule has 1 aliphatic carbocycles. The molecule has 0 saturated carbocycles. The van der Waals surface area contributed by atoms with Crippen LogP contribution in [0.4, 0.5) is 30.7 Å². The summed E-state index contributed by atoms with van der Waals surface area (Å²) < 4.78 is 97.7. The normalized spacial score (nSPS) is 20.3. The van der Waals surface area contributed by atoms with Gasteiger partial charge in [-0.2, -0.15) is 30.7 Å². The molecule has 0 amide bonds. The van der Waals surface area contributed by atoms with Gasteiger partial charge in [-0.25, -0.2) is 0 Å². The van der Waals surface area contributed by atoms with Crippen LogP contribution in [0.15, 0.2) is 42.5 Å². The van der Waals surface area contributed by atoms with Crippen LogP contribution < -0.4 is 0 Å². The zero-order chi connectivity index (χ0) is 20.2. The molecular weight excluding hydrogens is 381 g/mol. The number of benzene rings is 2. The largest absolute Gasteiger partial charge is 0.481 e. The second-order valence-corrected chi connectivity index (χ2v) is 6.19. The van der Waals surface area contributed by atoms with E-state index in [0.717, 1.165) is 18.2 Å². The summed E-state index contributed by atoms with van der Waals surface area (Å²) >= 11 is 0. The van der Waals surface area contributed by atoms with Crippen molar-refractivity contribution in [1.82, 2.24) is 0 Å². The fourth-order valence-corrected chi connectivity index (χ4v) is 3.30. The van der Waals surface area contributed by atoms with Gasteiger partial charge < -0.3 is 5.11 Å².